The van der Waals surface area contributed by atoms with Crippen molar-refractivity contribution < 1.29 is 18.3 Å². The Morgan fingerprint density at radius 2 is 1.91 bits per heavy atom. The number of hydrogen-bond acceptors (Lipinski definition) is 8. The number of aromatic nitrogens is 5. The van der Waals surface area contributed by atoms with Gasteiger partial charge >= 0.3 is 0 Å². The Hall–Kier alpha value is -4.65. The number of nitrogens with zero attached hydrogens (tertiary/aromatic N) is 7. The van der Waals surface area contributed by atoms with Gasteiger partial charge in [-0.25, -0.2) is 13.8 Å². The second-order valence-electron chi connectivity index (χ2n) is 11.0. The van der Waals surface area contributed by atoms with Crippen LogP contribution >= 0.6 is 0 Å². The highest BCUT2D eigenvalue weighted by Gasteiger charge is 2.28. The van der Waals surface area contributed by atoms with Crippen LogP contribution in [0.1, 0.15) is 37.8 Å². The summed E-state index contributed by atoms with van der Waals surface area (Å²) in [6.07, 6.45) is 9.70. The summed E-state index contributed by atoms with van der Waals surface area (Å²) in [5, 5.41) is 8.20. The van der Waals surface area contributed by atoms with Gasteiger partial charge < -0.3 is 19.9 Å². The van der Waals surface area contributed by atoms with Crippen LogP contribution in [0.4, 0.5) is 20.4 Å². The van der Waals surface area contributed by atoms with Gasteiger partial charge in [-0.1, -0.05) is 6.58 Å². The number of hydrogen-bond donors (Lipinski definition) is 1. The lowest BCUT2D eigenvalue weighted by Gasteiger charge is -2.33. The minimum atomic E-state index is -0.942. The average molecular weight is 591 g/mol. The highest BCUT2D eigenvalue weighted by atomic mass is 19.1. The maximum Gasteiger partial charge on any atom is 0.295 e. The lowest BCUT2D eigenvalue weighted by atomic mass is 10.0. The number of nitrogens with one attached hydrogen (secondary N) is 1. The van der Waals surface area contributed by atoms with Gasteiger partial charge in [0.2, 0.25) is 11.9 Å². The van der Waals surface area contributed by atoms with Crippen molar-refractivity contribution in [2.24, 2.45) is 0 Å². The van der Waals surface area contributed by atoms with Crippen molar-refractivity contribution >= 4 is 28.6 Å². The molecule has 43 heavy (non-hydrogen) atoms. The number of likely N-dealkylation sites (tertiary alicyclic amines) is 2. The quantitative estimate of drug-likeness (QED) is 0.315. The lowest BCUT2D eigenvalue weighted by Crippen LogP contribution is -2.42. The molecule has 0 radical (unpaired) electrons. The number of fused-ring (bicyclic) bond motifs is 1. The van der Waals surface area contributed by atoms with Crippen LogP contribution in [0, 0.1) is 11.6 Å². The summed E-state index contributed by atoms with van der Waals surface area (Å²) in [6, 6.07) is 4.17. The summed E-state index contributed by atoms with van der Waals surface area (Å²) in [7, 11) is 2.11. The number of carbonyl (C=O) groups excluding carboxylic acids is 1. The van der Waals surface area contributed by atoms with Gasteiger partial charge in [-0.05, 0) is 70.1 Å². The predicted molar refractivity (Wildman–Crippen MR) is 157 cm³/mol. The third kappa shape index (κ3) is 5.98. The van der Waals surface area contributed by atoms with E-state index in [4.69, 9.17) is 9.72 Å². The average Bonchev–Trinajstić information content (AvgIpc) is 3.47. The van der Waals surface area contributed by atoms with E-state index in [0.717, 1.165) is 38.1 Å². The Kier molecular flexibility index (Phi) is 7.89. The zero-order valence-corrected chi connectivity index (χ0v) is 23.7. The van der Waals surface area contributed by atoms with Gasteiger partial charge in [-0.3, -0.25) is 18.8 Å². The smallest absolute Gasteiger partial charge is 0.295 e. The number of halogens is 2. The highest BCUT2D eigenvalue weighted by molar-refractivity contribution is 5.87. The molecule has 5 heterocycles. The normalized spacial score (nSPS) is 18.1. The molecule has 13 heteroatoms. The first-order valence-corrected chi connectivity index (χ1v) is 14.3. The fourth-order valence-corrected chi connectivity index (χ4v) is 5.73. The van der Waals surface area contributed by atoms with Crippen molar-refractivity contribution in [3.05, 3.63) is 77.5 Å². The maximum absolute atomic E-state index is 14.4. The second kappa shape index (κ2) is 11.9. The molecule has 3 aromatic heterocycles. The van der Waals surface area contributed by atoms with E-state index in [9.17, 15) is 18.4 Å². The number of anilines is 2. The molecule has 6 rings (SSSR count). The van der Waals surface area contributed by atoms with E-state index in [-0.39, 0.29) is 29.9 Å². The van der Waals surface area contributed by atoms with Crippen LogP contribution in [0.25, 0.3) is 11.0 Å². The Morgan fingerprint density at radius 1 is 1.09 bits per heavy atom. The van der Waals surface area contributed by atoms with Crippen molar-refractivity contribution in [2.45, 2.75) is 37.8 Å². The molecule has 11 nitrogen and oxygen atoms in total. The Balaban J connectivity index is 1.36. The summed E-state index contributed by atoms with van der Waals surface area (Å²) < 4.78 is 37.0. The molecule has 0 saturated carbocycles. The van der Waals surface area contributed by atoms with Crippen molar-refractivity contribution in [1.82, 2.24) is 34.1 Å². The monoisotopic (exact) mass is 590 g/mol. The van der Waals surface area contributed by atoms with Crippen LogP contribution in [-0.2, 0) is 4.79 Å². The van der Waals surface area contributed by atoms with Crippen molar-refractivity contribution in [2.75, 3.05) is 38.5 Å². The predicted octanol–water partition coefficient (Wildman–Crippen LogP) is 4.42. The van der Waals surface area contributed by atoms with E-state index in [1.54, 1.807) is 17.3 Å². The van der Waals surface area contributed by atoms with Gasteiger partial charge in [-0.2, -0.15) is 10.1 Å². The number of ether oxygens (including phenoxy) is 1. The molecule has 1 atom stereocenters. The van der Waals surface area contributed by atoms with E-state index in [1.165, 1.54) is 16.7 Å². The molecule has 224 valence electrons. The topological polar surface area (TPSA) is 110 Å². The van der Waals surface area contributed by atoms with Crippen molar-refractivity contribution in [3.63, 3.8) is 0 Å². The van der Waals surface area contributed by atoms with Crippen LogP contribution in [0.5, 0.6) is 11.5 Å². The molecular formula is C30H32F2N8O3. The molecule has 1 aromatic carbocycles. The standard InChI is InChI=1S/C30H32F2N8O3/c1-3-27(41)38-10-4-5-23(18-38)40-28-19(13-26(29(40)42)43-25-7-6-20(31)14-24(25)32)15-33-30(36-28)35-21-16-34-39(17-21)22-8-11-37(2)12-9-22/h3,6-7,13-17,22-23H,1,4-5,8-12,18H2,2H3,(H,33,35,36)/t23-/m0/s1. The molecule has 0 bridgehead atoms. The number of piperidine rings is 2. The number of carbonyl (C=O) groups is 1. The van der Waals surface area contributed by atoms with Gasteiger partial charge in [-0.15, -0.1) is 0 Å². The molecule has 0 spiro atoms. The first kappa shape index (κ1) is 28.5. The summed E-state index contributed by atoms with van der Waals surface area (Å²) >= 11 is 0. The fraction of sp³-hybridized carbons (Fsp3) is 0.367. The van der Waals surface area contributed by atoms with E-state index in [2.05, 4.69) is 33.9 Å². The van der Waals surface area contributed by atoms with E-state index >= 15 is 0 Å². The lowest BCUT2D eigenvalue weighted by molar-refractivity contribution is -0.127. The summed E-state index contributed by atoms with van der Waals surface area (Å²) in [4.78, 5) is 39.4. The number of benzene rings is 1. The molecule has 0 aliphatic carbocycles. The largest absolute Gasteiger partial charge is 0.448 e. The molecule has 2 aliphatic rings. The van der Waals surface area contributed by atoms with Crippen LogP contribution in [0.3, 0.4) is 0 Å². The molecule has 4 aromatic rings. The molecule has 0 unspecified atom stereocenters. The number of pyridine rings is 1. The number of amides is 1. The maximum atomic E-state index is 14.4. The molecule has 1 N–H and O–H groups in total. The fourth-order valence-electron chi connectivity index (χ4n) is 5.73. The molecule has 2 aliphatic heterocycles. The third-order valence-electron chi connectivity index (χ3n) is 8.02. The third-order valence-corrected chi connectivity index (χ3v) is 8.02. The number of rotatable bonds is 7. The molecular weight excluding hydrogens is 558 g/mol. The van der Waals surface area contributed by atoms with Gasteiger partial charge in [0.1, 0.15) is 11.5 Å². The summed E-state index contributed by atoms with van der Waals surface area (Å²) in [6.45, 7) is 6.39. The zero-order chi connectivity index (χ0) is 30.1. The minimum Gasteiger partial charge on any atom is -0.448 e. The van der Waals surface area contributed by atoms with Gasteiger partial charge in [0.05, 0.1) is 24.0 Å². The van der Waals surface area contributed by atoms with Gasteiger partial charge in [0.25, 0.3) is 5.56 Å². The van der Waals surface area contributed by atoms with E-state index in [0.29, 0.717) is 48.2 Å². The van der Waals surface area contributed by atoms with E-state index in [1.807, 2.05) is 10.9 Å². The second-order valence-corrected chi connectivity index (χ2v) is 11.0. The molecule has 2 saturated heterocycles. The minimum absolute atomic E-state index is 0.172. The van der Waals surface area contributed by atoms with Crippen molar-refractivity contribution in [3.8, 4) is 11.5 Å². The first-order chi connectivity index (χ1) is 20.8. The SMILES string of the molecule is C=CC(=O)N1CCC[C@H](n2c(=O)c(Oc3ccc(F)cc3F)cc3cnc(Nc4cnn(C5CCN(C)CC5)c4)nc32)C1. The Labute approximate surface area is 246 Å². The highest BCUT2D eigenvalue weighted by Crippen LogP contribution is 2.30. The Bertz CT molecular complexity index is 1730. The van der Waals surface area contributed by atoms with Crippen LogP contribution in [0.2, 0.25) is 0 Å². The van der Waals surface area contributed by atoms with Crippen molar-refractivity contribution in [1.29, 1.82) is 0 Å². The van der Waals surface area contributed by atoms with Gasteiger partial charge in [0, 0.05) is 36.9 Å². The van der Waals surface area contributed by atoms with Crippen LogP contribution in [-0.4, -0.2) is 73.2 Å². The van der Waals surface area contributed by atoms with E-state index < -0.39 is 23.2 Å². The first-order valence-electron chi connectivity index (χ1n) is 14.3. The molecule has 2 fully saturated rings. The van der Waals surface area contributed by atoms with Gasteiger partial charge in [0.15, 0.2) is 17.3 Å². The Morgan fingerprint density at radius 3 is 2.67 bits per heavy atom. The summed E-state index contributed by atoms with van der Waals surface area (Å²) in [5.41, 5.74) is 0.475. The molecule has 1 amide bonds. The summed E-state index contributed by atoms with van der Waals surface area (Å²) in [5.74, 6) is -2.15. The van der Waals surface area contributed by atoms with Crippen LogP contribution in [0.15, 0.2) is 60.3 Å². The van der Waals surface area contributed by atoms with Crippen LogP contribution < -0.4 is 15.6 Å². The zero-order valence-electron chi connectivity index (χ0n) is 23.7.